The first-order chi connectivity index (χ1) is 8.81. The van der Waals surface area contributed by atoms with Crippen LogP contribution in [0.4, 0.5) is 5.69 Å². The van der Waals surface area contributed by atoms with Crippen LogP contribution in [0.3, 0.4) is 0 Å². The summed E-state index contributed by atoms with van der Waals surface area (Å²) in [5.74, 6) is 1.26. The highest BCUT2D eigenvalue weighted by molar-refractivity contribution is 8.00. The molecule has 1 atom stereocenters. The zero-order valence-corrected chi connectivity index (χ0v) is 11.9. The molecule has 0 radical (unpaired) electrons. The molecule has 1 aromatic rings. The van der Waals surface area contributed by atoms with Crippen LogP contribution in [-0.2, 0) is 6.54 Å². The van der Waals surface area contributed by atoms with Gasteiger partial charge in [0.25, 0.3) is 0 Å². The van der Waals surface area contributed by atoms with Crippen LogP contribution in [-0.4, -0.2) is 30.1 Å². The predicted octanol–water partition coefficient (Wildman–Crippen LogP) is 2.88. The smallest absolute Gasteiger partial charge is 0.0367 e. The van der Waals surface area contributed by atoms with Gasteiger partial charge in [0.1, 0.15) is 0 Å². The summed E-state index contributed by atoms with van der Waals surface area (Å²) in [6, 6.07) is 9.91. The summed E-state index contributed by atoms with van der Waals surface area (Å²) in [6.45, 7) is 5.72. The van der Waals surface area contributed by atoms with Crippen molar-refractivity contribution in [3.8, 4) is 0 Å². The van der Waals surface area contributed by atoms with Gasteiger partial charge in [0.15, 0.2) is 0 Å². The Bertz CT molecular complexity index is 386. The molecule has 0 spiro atoms. The van der Waals surface area contributed by atoms with E-state index in [0.29, 0.717) is 0 Å². The zero-order valence-electron chi connectivity index (χ0n) is 11.1. The number of nitrogens with one attached hydrogen (secondary N) is 1. The summed E-state index contributed by atoms with van der Waals surface area (Å²) in [6.07, 6.45) is 2.73. The number of hydrogen-bond acceptors (Lipinski definition) is 3. The fraction of sp³-hybridized carbons (Fsp3) is 0.600. The number of rotatable bonds is 4. The van der Waals surface area contributed by atoms with Crippen molar-refractivity contribution in [2.45, 2.75) is 37.6 Å². The minimum atomic E-state index is 0.759. The topological polar surface area (TPSA) is 15.3 Å². The highest BCUT2D eigenvalue weighted by Crippen LogP contribution is 2.24. The lowest BCUT2D eigenvalue weighted by Gasteiger charge is -2.32. The standard InChI is InChI=1S/C15H22N2S/c1-12-11-17(8-9-18-12)15-6-2-13(3-7-15)10-16-14-4-5-14/h2-3,6-7,12,14,16H,4-5,8-11H2,1H3. The van der Waals surface area contributed by atoms with Crippen LogP contribution >= 0.6 is 11.8 Å². The summed E-state index contributed by atoms with van der Waals surface area (Å²) >= 11 is 2.09. The Labute approximate surface area is 114 Å². The fourth-order valence-electron chi connectivity index (χ4n) is 2.43. The Hall–Kier alpha value is -0.670. The van der Waals surface area contributed by atoms with E-state index in [0.717, 1.165) is 17.8 Å². The van der Waals surface area contributed by atoms with Crippen molar-refractivity contribution >= 4 is 17.4 Å². The van der Waals surface area contributed by atoms with Gasteiger partial charge in [0, 0.05) is 42.4 Å². The minimum absolute atomic E-state index is 0.759. The average molecular weight is 262 g/mol. The van der Waals surface area contributed by atoms with E-state index >= 15 is 0 Å². The lowest BCUT2D eigenvalue weighted by Crippen LogP contribution is -2.36. The number of hydrogen-bond donors (Lipinski definition) is 1. The van der Waals surface area contributed by atoms with Gasteiger partial charge in [0.05, 0.1) is 0 Å². The molecule has 1 aromatic carbocycles. The van der Waals surface area contributed by atoms with E-state index in [2.05, 4.69) is 53.2 Å². The molecule has 3 rings (SSSR count). The first-order valence-electron chi connectivity index (χ1n) is 7.00. The van der Waals surface area contributed by atoms with Crippen LogP contribution in [0.1, 0.15) is 25.3 Å². The van der Waals surface area contributed by atoms with Gasteiger partial charge in [-0.1, -0.05) is 19.1 Å². The normalized spacial score (nSPS) is 24.3. The molecule has 1 N–H and O–H groups in total. The molecule has 1 saturated carbocycles. The number of anilines is 1. The third-order valence-corrected chi connectivity index (χ3v) is 4.85. The lowest BCUT2D eigenvalue weighted by atomic mass is 10.2. The van der Waals surface area contributed by atoms with E-state index in [1.165, 1.54) is 42.9 Å². The van der Waals surface area contributed by atoms with Crippen molar-refractivity contribution < 1.29 is 0 Å². The number of nitrogens with zero attached hydrogens (tertiary/aromatic N) is 1. The van der Waals surface area contributed by atoms with E-state index in [4.69, 9.17) is 0 Å². The third-order valence-electron chi connectivity index (χ3n) is 3.71. The maximum absolute atomic E-state index is 3.56. The second kappa shape index (κ2) is 5.54. The van der Waals surface area contributed by atoms with E-state index in [1.54, 1.807) is 0 Å². The minimum Gasteiger partial charge on any atom is -0.370 e. The first kappa shape index (κ1) is 12.4. The molecule has 1 saturated heterocycles. The average Bonchev–Trinajstić information content (AvgIpc) is 3.21. The predicted molar refractivity (Wildman–Crippen MR) is 80.4 cm³/mol. The maximum atomic E-state index is 3.56. The van der Waals surface area contributed by atoms with Gasteiger partial charge in [-0.15, -0.1) is 0 Å². The second-order valence-corrected chi connectivity index (χ2v) is 7.00. The molecule has 2 fully saturated rings. The van der Waals surface area contributed by atoms with Crippen LogP contribution in [0.2, 0.25) is 0 Å². The Morgan fingerprint density at radius 2 is 2.06 bits per heavy atom. The molecule has 0 amide bonds. The van der Waals surface area contributed by atoms with Crippen LogP contribution in [0.25, 0.3) is 0 Å². The summed E-state index contributed by atoms with van der Waals surface area (Å²) in [5.41, 5.74) is 2.79. The molecule has 1 aliphatic heterocycles. The Balaban J connectivity index is 1.58. The van der Waals surface area contributed by atoms with Gasteiger partial charge < -0.3 is 10.2 Å². The van der Waals surface area contributed by atoms with Gasteiger partial charge in [-0.2, -0.15) is 11.8 Å². The maximum Gasteiger partial charge on any atom is 0.0367 e. The van der Waals surface area contributed by atoms with Gasteiger partial charge in [-0.05, 0) is 30.5 Å². The van der Waals surface area contributed by atoms with Gasteiger partial charge in [-0.25, -0.2) is 0 Å². The first-order valence-corrected chi connectivity index (χ1v) is 8.05. The highest BCUT2D eigenvalue weighted by Gasteiger charge is 2.20. The summed E-state index contributed by atoms with van der Waals surface area (Å²) < 4.78 is 0. The molecule has 1 aliphatic carbocycles. The van der Waals surface area contributed by atoms with Crippen molar-refractivity contribution in [1.82, 2.24) is 5.32 Å². The highest BCUT2D eigenvalue weighted by atomic mass is 32.2. The van der Waals surface area contributed by atoms with Crippen LogP contribution in [0.15, 0.2) is 24.3 Å². The molecule has 3 heteroatoms. The molecule has 98 valence electrons. The quantitative estimate of drug-likeness (QED) is 0.898. The van der Waals surface area contributed by atoms with Crippen LogP contribution in [0, 0.1) is 0 Å². The number of benzene rings is 1. The van der Waals surface area contributed by atoms with Crippen LogP contribution in [0.5, 0.6) is 0 Å². The lowest BCUT2D eigenvalue weighted by molar-refractivity contribution is 0.687. The molecule has 18 heavy (non-hydrogen) atoms. The second-order valence-electron chi connectivity index (χ2n) is 5.45. The van der Waals surface area contributed by atoms with Gasteiger partial charge in [0.2, 0.25) is 0 Å². The molecule has 1 heterocycles. The Morgan fingerprint density at radius 1 is 1.28 bits per heavy atom. The Morgan fingerprint density at radius 3 is 2.72 bits per heavy atom. The molecule has 2 nitrogen and oxygen atoms in total. The van der Waals surface area contributed by atoms with Crippen molar-refractivity contribution in [3.05, 3.63) is 29.8 Å². The summed E-state index contributed by atoms with van der Waals surface area (Å²) in [7, 11) is 0. The van der Waals surface area contributed by atoms with E-state index in [-0.39, 0.29) is 0 Å². The summed E-state index contributed by atoms with van der Waals surface area (Å²) in [4.78, 5) is 2.51. The van der Waals surface area contributed by atoms with Crippen molar-refractivity contribution in [2.24, 2.45) is 0 Å². The monoisotopic (exact) mass is 262 g/mol. The Kier molecular flexibility index (Phi) is 3.80. The summed E-state index contributed by atoms with van der Waals surface area (Å²) in [5, 5.41) is 4.32. The van der Waals surface area contributed by atoms with E-state index in [9.17, 15) is 0 Å². The van der Waals surface area contributed by atoms with E-state index < -0.39 is 0 Å². The van der Waals surface area contributed by atoms with Crippen molar-refractivity contribution in [1.29, 1.82) is 0 Å². The van der Waals surface area contributed by atoms with E-state index in [1.807, 2.05) is 0 Å². The van der Waals surface area contributed by atoms with Gasteiger partial charge >= 0.3 is 0 Å². The SMILES string of the molecule is CC1CN(c2ccc(CNC3CC3)cc2)CCS1. The van der Waals surface area contributed by atoms with Gasteiger partial charge in [-0.3, -0.25) is 0 Å². The largest absolute Gasteiger partial charge is 0.370 e. The fourth-order valence-corrected chi connectivity index (χ4v) is 3.44. The third kappa shape index (κ3) is 3.21. The molecule has 1 unspecified atom stereocenters. The van der Waals surface area contributed by atoms with Crippen LogP contribution < -0.4 is 10.2 Å². The molecule has 0 bridgehead atoms. The molecule has 2 aliphatic rings. The molecule has 0 aromatic heterocycles. The molecular formula is C15H22N2S. The van der Waals surface area contributed by atoms with Crippen molar-refractivity contribution in [3.63, 3.8) is 0 Å². The number of thioether (sulfide) groups is 1. The van der Waals surface area contributed by atoms with Crippen molar-refractivity contribution in [2.75, 3.05) is 23.7 Å². The molecular weight excluding hydrogens is 240 g/mol. The zero-order chi connectivity index (χ0) is 12.4.